The lowest BCUT2D eigenvalue weighted by atomic mass is 10.3. The SMILES string of the molecule is N#CCCN(CCN1CCOCC1)C(=O)c1cscn1. The molecule has 2 rings (SSSR count). The molecule has 0 bridgehead atoms. The maximum absolute atomic E-state index is 12.3. The highest BCUT2D eigenvalue weighted by atomic mass is 32.1. The molecule has 0 unspecified atom stereocenters. The Hall–Kier alpha value is -1.49. The van der Waals surface area contributed by atoms with Gasteiger partial charge in [-0.1, -0.05) is 0 Å². The van der Waals surface area contributed by atoms with Gasteiger partial charge in [-0.25, -0.2) is 4.98 Å². The fourth-order valence-corrected chi connectivity index (χ4v) is 2.59. The summed E-state index contributed by atoms with van der Waals surface area (Å²) >= 11 is 1.40. The first-order valence-electron chi connectivity index (χ1n) is 6.66. The van der Waals surface area contributed by atoms with Crippen LogP contribution in [0.3, 0.4) is 0 Å². The fraction of sp³-hybridized carbons (Fsp3) is 0.615. The van der Waals surface area contributed by atoms with Crippen molar-refractivity contribution in [1.82, 2.24) is 14.8 Å². The molecule has 7 heteroatoms. The average Bonchev–Trinajstić information content (AvgIpc) is 3.02. The molecule has 2 heterocycles. The van der Waals surface area contributed by atoms with Gasteiger partial charge in [-0.3, -0.25) is 9.69 Å². The van der Waals surface area contributed by atoms with Crippen LogP contribution in [0.2, 0.25) is 0 Å². The highest BCUT2D eigenvalue weighted by molar-refractivity contribution is 7.07. The molecule has 0 spiro atoms. The monoisotopic (exact) mass is 294 g/mol. The minimum Gasteiger partial charge on any atom is -0.379 e. The van der Waals surface area contributed by atoms with Gasteiger partial charge in [0.1, 0.15) is 5.69 Å². The first-order valence-corrected chi connectivity index (χ1v) is 7.60. The van der Waals surface area contributed by atoms with Crippen LogP contribution in [-0.2, 0) is 4.74 Å². The van der Waals surface area contributed by atoms with Crippen LogP contribution < -0.4 is 0 Å². The summed E-state index contributed by atoms with van der Waals surface area (Å²) in [5.41, 5.74) is 2.12. The molecule has 0 N–H and O–H groups in total. The zero-order valence-corrected chi connectivity index (χ0v) is 12.1. The third kappa shape index (κ3) is 4.27. The van der Waals surface area contributed by atoms with Crippen LogP contribution in [0.25, 0.3) is 0 Å². The second-order valence-corrected chi connectivity index (χ2v) is 5.25. The van der Waals surface area contributed by atoms with Crippen LogP contribution >= 0.6 is 11.3 Å². The van der Waals surface area contributed by atoms with E-state index in [-0.39, 0.29) is 5.91 Å². The van der Waals surface area contributed by atoms with E-state index in [9.17, 15) is 4.79 Å². The lowest BCUT2D eigenvalue weighted by Crippen LogP contribution is -2.43. The summed E-state index contributed by atoms with van der Waals surface area (Å²) in [4.78, 5) is 20.3. The number of amides is 1. The third-order valence-electron chi connectivity index (χ3n) is 3.22. The quantitative estimate of drug-likeness (QED) is 0.777. The summed E-state index contributed by atoms with van der Waals surface area (Å²) in [7, 11) is 0. The largest absolute Gasteiger partial charge is 0.379 e. The number of hydrogen-bond donors (Lipinski definition) is 0. The van der Waals surface area contributed by atoms with Crippen LogP contribution in [0.4, 0.5) is 0 Å². The van der Waals surface area contributed by atoms with Crippen LogP contribution in [0, 0.1) is 11.3 Å². The predicted molar refractivity (Wildman–Crippen MR) is 75.5 cm³/mol. The lowest BCUT2D eigenvalue weighted by Gasteiger charge is -2.29. The summed E-state index contributed by atoms with van der Waals surface area (Å²) in [6.07, 6.45) is 0.346. The highest BCUT2D eigenvalue weighted by Crippen LogP contribution is 2.07. The van der Waals surface area contributed by atoms with E-state index in [1.165, 1.54) is 11.3 Å². The number of thiazole rings is 1. The maximum atomic E-state index is 12.3. The van der Waals surface area contributed by atoms with E-state index >= 15 is 0 Å². The van der Waals surface area contributed by atoms with Crippen molar-refractivity contribution < 1.29 is 9.53 Å². The molecule has 0 aliphatic carbocycles. The van der Waals surface area contributed by atoms with E-state index < -0.39 is 0 Å². The number of rotatable bonds is 6. The lowest BCUT2D eigenvalue weighted by molar-refractivity contribution is 0.0325. The summed E-state index contributed by atoms with van der Waals surface area (Å²) in [6, 6.07) is 2.09. The number of carbonyl (C=O) groups is 1. The smallest absolute Gasteiger partial charge is 0.273 e. The van der Waals surface area contributed by atoms with Gasteiger partial charge in [-0.15, -0.1) is 11.3 Å². The van der Waals surface area contributed by atoms with Crippen molar-refractivity contribution in [1.29, 1.82) is 5.26 Å². The Labute approximate surface area is 122 Å². The molecule has 6 nitrogen and oxygen atoms in total. The van der Waals surface area contributed by atoms with Crippen molar-refractivity contribution in [2.24, 2.45) is 0 Å². The van der Waals surface area contributed by atoms with Crippen LogP contribution in [0.5, 0.6) is 0 Å². The molecule has 0 aromatic carbocycles. The zero-order valence-electron chi connectivity index (χ0n) is 11.3. The third-order valence-corrected chi connectivity index (χ3v) is 3.81. The Morgan fingerprint density at radius 2 is 2.30 bits per heavy atom. The van der Waals surface area contributed by atoms with E-state index in [1.807, 2.05) is 0 Å². The number of hydrogen-bond acceptors (Lipinski definition) is 6. The Kier molecular flexibility index (Phi) is 5.92. The second kappa shape index (κ2) is 7.94. The molecular formula is C13H18N4O2S. The minimum absolute atomic E-state index is 0.0882. The molecule has 0 saturated carbocycles. The van der Waals surface area contributed by atoms with Crippen molar-refractivity contribution in [2.75, 3.05) is 45.9 Å². The summed E-state index contributed by atoms with van der Waals surface area (Å²) in [5.74, 6) is -0.0882. The van der Waals surface area contributed by atoms with Crippen LogP contribution in [-0.4, -0.2) is 66.6 Å². The first kappa shape index (κ1) is 14.9. The van der Waals surface area contributed by atoms with Crippen molar-refractivity contribution in [3.63, 3.8) is 0 Å². The molecule has 1 fully saturated rings. The van der Waals surface area contributed by atoms with E-state index in [0.29, 0.717) is 25.2 Å². The molecule has 1 saturated heterocycles. The predicted octanol–water partition coefficient (Wildman–Crippen LogP) is 0.831. The molecule has 1 amide bonds. The first-order chi connectivity index (χ1) is 9.81. The molecule has 1 aromatic heterocycles. The molecule has 1 aromatic rings. The number of aromatic nitrogens is 1. The molecule has 20 heavy (non-hydrogen) atoms. The Bertz CT molecular complexity index is 451. The molecule has 108 valence electrons. The number of nitrogens with zero attached hydrogens (tertiary/aromatic N) is 4. The van der Waals surface area contributed by atoms with Gasteiger partial charge in [-0.2, -0.15) is 5.26 Å². The summed E-state index contributed by atoms with van der Waals surface area (Å²) in [6.45, 7) is 5.18. The maximum Gasteiger partial charge on any atom is 0.273 e. The number of carbonyl (C=O) groups excluding carboxylic acids is 1. The van der Waals surface area contributed by atoms with Gasteiger partial charge in [0, 0.05) is 38.1 Å². The van der Waals surface area contributed by atoms with Gasteiger partial charge in [0.25, 0.3) is 5.91 Å². The Morgan fingerprint density at radius 3 is 2.95 bits per heavy atom. The summed E-state index contributed by atoms with van der Waals surface area (Å²) < 4.78 is 5.30. The van der Waals surface area contributed by atoms with Gasteiger partial charge in [0.2, 0.25) is 0 Å². The topological polar surface area (TPSA) is 69.5 Å². The Morgan fingerprint density at radius 1 is 1.50 bits per heavy atom. The fourth-order valence-electron chi connectivity index (χ4n) is 2.07. The van der Waals surface area contributed by atoms with E-state index in [2.05, 4.69) is 16.0 Å². The van der Waals surface area contributed by atoms with E-state index in [0.717, 1.165) is 32.8 Å². The highest BCUT2D eigenvalue weighted by Gasteiger charge is 2.19. The molecular weight excluding hydrogens is 276 g/mol. The van der Waals surface area contributed by atoms with Crippen molar-refractivity contribution in [3.8, 4) is 6.07 Å². The van der Waals surface area contributed by atoms with Gasteiger partial charge < -0.3 is 9.64 Å². The zero-order chi connectivity index (χ0) is 14.2. The van der Waals surface area contributed by atoms with Crippen molar-refractivity contribution >= 4 is 17.2 Å². The van der Waals surface area contributed by atoms with Crippen LogP contribution in [0.15, 0.2) is 10.9 Å². The number of nitriles is 1. The molecule has 0 radical (unpaired) electrons. The van der Waals surface area contributed by atoms with Crippen LogP contribution in [0.1, 0.15) is 16.9 Å². The van der Waals surface area contributed by atoms with Gasteiger partial charge in [-0.05, 0) is 0 Å². The van der Waals surface area contributed by atoms with Gasteiger partial charge in [0.15, 0.2) is 0 Å². The normalized spacial score (nSPS) is 15.8. The van der Waals surface area contributed by atoms with E-state index in [4.69, 9.17) is 10.00 Å². The molecule has 0 atom stereocenters. The molecule has 1 aliphatic heterocycles. The standard InChI is InChI=1S/C13H18N4O2S/c14-2-1-3-17(13(18)12-10-20-11-15-12)5-4-16-6-8-19-9-7-16/h10-11H,1,3-9H2. The summed E-state index contributed by atoms with van der Waals surface area (Å²) in [5, 5.41) is 10.5. The Balaban J connectivity index is 1.89. The van der Waals surface area contributed by atoms with E-state index in [1.54, 1.807) is 15.8 Å². The van der Waals surface area contributed by atoms with Gasteiger partial charge in [0.05, 0.1) is 31.2 Å². The molecule has 1 aliphatic rings. The average molecular weight is 294 g/mol. The van der Waals surface area contributed by atoms with Crippen molar-refractivity contribution in [3.05, 3.63) is 16.6 Å². The number of ether oxygens (including phenoxy) is 1. The van der Waals surface area contributed by atoms with Gasteiger partial charge >= 0.3 is 0 Å². The minimum atomic E-state index is -0.0882. The second-order valence-electron chi connectivity index (χ2n) is 4.53. The number of morpholine rings is 1. The van der Waals surface area contributed by atoms with Crippen molar-refractivity contribution in [2.45, 2.75) is 6.42 Å².